The van der Waals surface area contributed by atoms with Crippen LogP contribution in [-0.4, -0.2) is 12.8 Å². The highest BCUT2D eigenvalue weighted by Gasteiger charge is 2.13. The van der Waals surface area contributed by atoms with Crippen LogP contribution in [0.4, 0.5) is 0 Å². The van der Waals surface area contributed by atoms with Crippen LogP contribution in [0.15, 0.2) is 18.2 Å². The summed E-state index contributed by atoms with van der Waals surface area (Å²) in [4.78, 5) is 0. The van der Waals surface area contributed by atoms with Crippen molar-refractivity contribution >= 4 is 12.4 Å². The molecule has 2 rings (SSSR count). The molecule has 0 aromatic heterocycles. The maximum Gasteiger partial charge on any atom is 0.231 e. The number of nitrogens with one attached hydrogen (secondary N) is 1. The van der Waals surface area contributed by atoms with E-state index in [1.54, 1.807) is 0 Å². The highest BCUT2D eigenvalue weighted by molar-refractivity contribution is 5.85. The first kappa shape index (κ1) is 13.1. The summed E-state index contributed by atoms with van der Waals surface area (Å²) >= 11 is 0. The van der Waals surface area contributed by atoms with Crippen molar-refractivity contribution in [3.05, 3.63) is 23.8 Å². The van der Waals surface area contributed by atoms with Gasteiger partial charge in [0.2, 0.25) is 6.79 Å². The van der Waals surface area contributed by atoms with Crippen molar-refractivity contribution in [1.82, 2.24) is 5.43 Å². The molecule has 16 heavy (non-hydrogen) atoms. The first-order valence-corrected chi connectivity index (χ1v) is 5.14. The van der Waals surface area contributed by atoms with Gasteiger partial charge in [-0.15, -0.1) is 12.4 Å². The fourth-order valence-electron chi connectivity index (χ4n) is 1.56. The monoisotopic (exact) mass is 244 g/mol. The molecule has 0 spiro atoms. The van der Waals surface area contributed by atoms with Crippen LogP contribution in [0, 0.1) is 0 Å². The summed E-state index contributed by atoms with van der Waals surface area (Å²) < 4.78 is 10.6. The first-order chi connectivity index (χ1) is 7.29. The highest BCUT2D eigenvalue weighted by Crippen LogP contribution is 2.32. The van der Waals surface area contributed by atoms with E-state index in [1.165, 1.54) is 5.56 Å². The molecule has 1 atom stereocenters. The van der Waals surface area contributed by atoms with E-state index in [0.717, 1.165) is 24.3 Å². The number of hydrogen-bond donors (Lipinski definition) is 2. The van der Waals surface area contributed by atoms with Crippen molar-refractivity contribution in [1.29, 1.82) is 0 Å². The summed E-state index contributed by atoms with van der Waals surface area (Å²) in [5.74, 6) is 7.02. The molecular weight excluding hydrogens is 228 g/mol. The summed E-state index contributed by atoms with van der Waals surface area (Å²) in [5, 5.41) is 0. The number of hydrogen-bond acceptors (Lipinski definition) is 4. The third kappa shape index (κ3) is 3.01. The van der Waals surface area contributed by atoms with Crippen LogP contribution in [0.3, 0.4) is 0 Å². The molecule has 90 valence electrons. The van der Waals surface area contributed by atoms with Crippen LogP contribution in [0.5, 0.6) is 11.5 Å². The zero-order chi connectivity index (χ0) is 10.7. The number of fused-ring (bicyclic) bond motifs is 1. The average Bonchev–Trinajstić information content (AvgIpc) is 2.72. The highest BCUT2D eigenvalue weighted by atomic mass is 35.5. The van der Waals surface area contributed by atoms with Gasteiger partial charge in [-0.3, -0.25) is 11.3 Å². The van der Waals surface area contributed by atoms with Gasteiger partial charge in [-0.05, 0) is 37.5 Å². The lowest BCUT2D eigenvalue weighted by Gasteiger charge is -2.09. The van der Waals surface area contributed by atoms with Gasteiger partial charge in [-0.1, -0.05) is 6.07 Å². The van der Waals surface area contributed by atoms with Crippen molar-refractivity contribution in [2.45, 2.75) is 25.8 Å². The quantitative estimate of drug-likeness (QED) is 0.624. The standard InChI is InChI=1S/C11H16N2O2.ClH/c1-8(13-12)2-3-9-4-5-10-11(6-9)15-7-14-10;/h4-6,8,13H,2-3,7,12H2,1H3;1H. The molecule has 0 bridgehead atoms. The number of nitrogens with two attached hydrogens (primary N) is 1. The summed E-state index contributed by atoms with van der Waals surface area (Å²) in [6.07, 6.45) is 2.00. The van der Waals surface area contributed by atoms with E-state index in [9.17, 15) is 0 Å². The van der Waals surface area contributed by atoms with E-state index in [-0.39, 0.29) is 12.4 Å². The zero-order valence-corrected chi connectivity index (χ0v) is 10.0. The maximum absolute atomic E-state index is 5.33. The SMILES string of the molecule is CC(CCc1ccc2c(c1)OCO2)NN.Cl. The van der Waals surface area contributed by atoms with Crippen molar-refractivity contribution in [2.75, 3.05) is 6.79 Å². The van der Waals surface area contributed by atoms with Crippen LogP contribution >= 0.6 is 12.4 Å². The van der Waals surface area contributed by atoms with Gasteiger partial charge in [0.1, 0.15) is 0 Å². The minimum Gasteiger partial charge on any atom is -0.454 e. The van der Waals surface area contributed by atoms with Gasteiger partial charge >= 0.3 is 0 Å². The average molecular weight is 245 g/mol. The summed E-state index contributed by atoms with van der Waals surface area (Å²) in [6.45, 7) is 2.40. The Labute approximate surface area is 101 Å². The lowest BCUT2D eigenvalue weighted by atomic mass is 10.1. The molecule has 0 fully saturated rings. The largest absolute Gasteiger partial charge is 0.454 e. The van der Waals surface area contributed by atoms with Gasteiger partial charge < -0.3 is 9.47 Å². The Hall–Kier alpha value is -0.970. The molecule has 1 aromatic carbocycles. The van der Waals surface area contributed by atoms with Crippen molar-refractivity contribution in [3.63, 3.8) is 0 Å². The Balaban J connectivity index is 0.00000128. The van der Waals surface area contributed by atoms with Crippen LogP contribution in [0.1, 0.15) is 18.9 Å². The molecule has 1 aliphatic heterocycles. The number of hydrazine groups is 1. The Morgan fingerprint density at radius 3 is 2.88 bits per heavy atom. The lowest BCUT2D eigenvalue weighted by molar-refractivity contribution is 0.174. The maximum atomic E-state index is 5.33. The van der Waals surface area contributed by atoms with E-state index in [4.69, 9.17) is 15.3 Å². The third-order valence-corrected chi connectivity index (χ3v) is 2.59. The lowest BCUT2D eigenvalue weighted by Crippen LogP contribution is -2.32. The normalized spacial score (nSPS) is 14.4. The van der Waals surface area contributed by atoms with E-state index < -0.39 is 0 Å². The molecule has 3 N–H and O–H groups in total. The Bertz CT molecular complexity index is 347. The predicted molar refractivity (Wildman–Crippen MR) is 64.9 cm³/mol. The predicted octanol–water partition coefficient (Wildman–Crippen LogP) is 1.62. The zero-order valence-electron chi connectivity index (χ0n) is 9.23. The van der Waals surface area contributed by atoms with Crippen molar-refractivity contribution < 1.29 is 9.47 Å². The van der Waals surface area contributed by atoms with E-state index in [0.29, 0.717) is 12.8 Å². The summed E-state index contributed by atoms with van der Waals surface area (Å²) in [5.41, 5.74) is 3.98. The number of ether oxygens (including phenoxy) is 2. The van der Waals surface area contributed by atoms with Crippen molar-refractivity contribution in [2.24, 2.45) is 5.84 Å². The smallest absolute Gasteiger partial charge is 0.231 e. The van der Waals surface area contributed by atoms with Crippen LogP contribution < -0.4 is 20.7 Å². The van der Waals surface area contributed by atoms with Gasteiger partial charge in [0.05, 0.1) is 0 Å². The number of rotatable bonds is 4. The number of halogens is 1. The van der Waals surface area contributed by atoms with Crippen LogP contribution in [0.25, 0.3) is 0 Å². The van der Waals surface area contributed by atoms with Gasteiger partial charge in [-0.2, -0.15) is 0 Å². The molecule has 0 saturated carbocycles. The second-order valence-corrected chi connectivity index (χ2v) is 3.79. The molecule has 1 aliphatic rings. The molecule has 1 heterocycles. The first-order valence-electron chi connectivity index (χ1n) is 5.14. The van der Waals surface area contributed by atoms with E-state index >= 15 is 0 Å². The Morgan fingerprint density at radius 2 is 2.12 bits per heavy atom. The number of benzene rings is 1. The molecule has 0 aliphatic carbocycles. The molecule has 4 nitrogen and oxygen atoms in total. The van der Waals surface area contributed by atoms with E-state index in [2.05, 4.69) is 18.4 Å². The molecule has 1 aromatic rings. The third-order valence-electron chi connectivity index (χ3n) is 2.59. The van der Waals surface area contributed by atoms with Gasteiger partial charge in [0.15, 0.2) is 11.5 Å². The van der Waals surface area contributed by atoms with Crippen molar-refractivity contribution in [3.8, 4) is 11.5 Å². The molecule has 0 amide bonds. The van der Waals surface area contributed by atoms with Crippen LogP contribution in [0.2, 0.25) is 0 Å². The fraction of sp³-hybridized carbons (Fsp3) is 0.455. The fourth-order valence-corrected chi connectivity index (χ4v) is 1.56. The van der Waals surface area contributed by atoms with Gasteiger partial charge in [-0.25, -0.2) is 0 Å². The summed E-state index contributed by atoms with van der Waals surface area (Å²) in [6, 6.07) is 6.39. The van der Waals surface area contributed by atoms with E-state index in [1.807, 2.05) is 12.1 Å². The minimum atomic E-state index is 0. The second-order valence-electron chi connectivity index (χ2n) is 3.79. The minimum absolute atomic E-state index is 0. The molecule has 0 saturated heterocycles. The molecule has 1 unspecified atom stereocenters. The topological polar surface area (TPSA) is 56.5 Å². The summed E-state index contributed by atoms with van der Waals surface area (Å²) in [7, 11) is 0. The second kappa shape index (κ2) is 5.94. The van der Waals surface area contributed by atoms with Crippen LogP contribution in [-0.2, 0) is 6.42 Å². The Kier molecular flexibility index (Phi) is 4.86. The van der Waals surface area contributed by atoms with Gasteiger partial charge in [0, 0.05) is 6.04 Å². The number of aryl methyl sites for hydroxylation is 1. The van der Waals surface area contributed by atoms with Gasteiger partial charge in [0.25, 0.3) is 0 Å². The molecular formula is C11H17ClN2O2. The molecule has 5 heteroatoms. The Morgan fingerprint density at radius 1 is 1.38 bits per heavy atom. The molecule has 0 radical (unpaired) electrons.